The van der Waals surface area contributed by atoms with Gasteiger partial charge in [0.1, 0.15) is 0 Å². The Morgan fingerprint density at radius 2 is 2.05 bits per heavy atom. The summed E-state index contributed by atoms with van der Waals surface area (Å²) in [5.74, 6) is -1.14. The number of primary amides is 1. The van der Waals surface area contributed by atoms with Gasteiger partial charge in [0.05, 0.1) is 16.8 Å². The van der Waals surface area contributed by atoms with Crippen molar-refractivity contribution in [2.24, 2.45) is 5.73 Å². The van der Waals surface area contributed by atoms with E-state index < -0.39 is 11.8 Å². The van der Waals surface area contributed by atoms with Gasteiger partial charge >= 0.3 is 0 Å². The summed E-state index contributed by atoms with van der Waals surface area (Å²) in [5.41, 5.74) is 9.47. The van der Waals surface area contributed by atoms with Gasteiger partial charge in [0, 0.05) is 6.20 Å². The number of nitrogens with zero attached hydrogens (tertiary/aromatic N) is 2. The van der Waals surface area contributed by atoms with E-state index >= 15 is 0 Å². The third-order valence-electron chi connectivity index (χ3n) is 2.53. The highest BCUT2D eigenvalue weighted by Gasteiger charge is 2.15. The number of rotatable bonds is 3. The van der Waals surface area contributed by atoms with E-state index in [1.807, 2.05) is 0 Å². The summed E-state index contributed by atoms with van der Waals surface area (Å²) in [6.07, 6.45) is 1.60. The van der Waals surface area contributed by atoms with Gasteiger partial charge in [0.2, 0.25) is 5.91 Å². The lowest BCUT2D eigenvalue weighted by atomic mass is 10.0. The van der Waals surface area contributed by atoms with Gasteiger partial charge in [0.15, 0.2) is 0 Å². The molecule has 1 aromatic heterocycles. The molecule has 19 heavy (non-hydrogen) atoms. The number of carbonyl (C=O) groups excluding carboxylic acids is 2. The molecule has 6 nitrogen and oxygen atoms in total. The van der Waals surface area contributed by atoms with Crippen molar-refractivity contribution in [2.45, 2.75) is 6.92 Å². The molecule has 0 atom stereocenters. The number of benzene rings is 1. The standard InChI is InChI=1S/C13H13N4O2/c1-8-3-4-10(12(14)18)11(7-8)13(19)16-17-6-5-9(2)15-17/h3-7H,1H2,2H3,(H2,14,18)(H,16,19). The maximum absolute atomic E-state index is 12.1. The normalized spacial score (nSPS) is 10.2. The van der Waals surface area contributed by atoms with E-state index in [1.165, 1.54) is 16.9 Å². The maximum Gasteiger partial charge on any atom is 0.272 e. The molecule has 97 valence electrons. The van der Waals surface area contributed by atoms with Gasteiger partial charge in [-0.15, -0.1) is 0 Å². The van der Waals surface area contributed by atoms with Crippen LogP contribution in [0.25, 0.3) is 0 Å². The highest BCUT2D eigenvalue weighted by atomic mass is 16.2. The van der Waals surface area contributed by atoms with Gasteiger partial charge in [-0.1, -0.05) is 6.07 Å². The maximum atomic E-state index is 12.1. The van der Waals surface area contributed by atoms with Crippen LogP contribution in [0.5, 0.6) is 0 Å². The summed E-state index contributed by atoms with van der Waals surface area (Å²) in [4.78, 5) is 24.7. The van der Waals surface area contributed by atoms with Crippen molar-refractivity contribution in [2.75, 3.05) is 5.43 Å². The van der Waals surface area contributed by atoms with Gasteiger partial charge < -0.3 is 5.73 Å². The highest BCUT2D eigenvalue weighted by molar-refractivity contribution is 6.09. The minimum absolute atomic E-state index is 0.147. The van der Waals surface area contributed by atoms with Crippen LogP contribution in [-0.4, -0.2) is 21.7 Å². The Morgan fingerprint density at radius 3 is 2.63 bits per heavy atom. The van der Waals surface area contributed by atoms with Gasteiger partial charge in [-0.05, 0) is 37.6 Å². The van der Waals surface area contributed by atoms with Crippen LogP contribution in [0, 0.1) is 13.8 Å². The first-order valence-electron chi connectivity index (χ1n) is 5.57. The second kappa shape index (κ2) is 4.93. The number of hydrogen-bond acceptors (Lipinski definition) is 3. The Hall–Kier alpha value is -2.63. The minimum Gasteiger partial charge on any atom is -0.366 e. The van der Waals surface area contributed by atoms with Gasteiger partial charge in [-0.25, -0.2) is 5.43 Å². The zero-order valence-corrected chi connectivity index (χ0v) is 10.4. The van der Waals surface area contributed by atoms with E-state index in [1.54, 1.807) is 25.3 Å². The van der Waals surface area contributed by atoms with Crippen LogP contribution in [0.1, 0.15) is 32.0 Å². The molecule has 1 radical (unpaired) electrons. The van der Waals surface area contributed by atoms with Crippen LogP contribution in [0.4, 0.5) is 0 Å². The molecule has 2 aromatic rings. The second-order valence-corrected chi connectivity index (χ2v) is 4.09. The smallest absolute Gasteiger partial charge is 0.272 e. The van der Waals surface area contributed by atoms with Gasteiger partial charge in [-0.2, -0.15) is 9.89 Å². The number of nitrogens with two attached hydrogens (primary N) is 1. The Bertz CT molecular complexity index is 646. The molecule has 0 spiro atoms. The summed E-state index contributed by atoms with van der Waals surface area (Å²) in [6, 6.07) is 6.35. The van der Waals surface area contributed by atoms with Crippen LogP contribution in [0.3, 0.4) is 0 Å². The topological polar surface area (TPSA) is 90.0 Å². The predicted molar refractivity (Wildman–Crippen MR) is 70.1 cm³/mol. The van der Waals surface area contributed by atoms with Crippen molar-refractivity contribution >= 4 is 11.8 Å². The summed E-state index contributed by atoms with van der Waals surface area (Å²) in [5, 5.41) is 4.03. The van der Waals surface area contributed by atoms with Crippen molar-refractivity contribution in [3.05, 3.63) is 59.8 Å². The molecule has 0 unspecified atom stereocenters. The zero-order valence-electron chi connectivity index (χ0n) is 10.4. The van der Waals surface area contributed by atoms with E-state index in [4.69, 9.17) is 5.73 Å². The SMILES string of the molecule is [CH2]c1ccc(C(N)=O)c(C(=O)Nn2ccc(C)n2)c1. The quantitative estimate of drug-likeness (QED) is 0.854. The molecular formula is C13H13N4O2. The third-order valence-corrected chi connectivity index (χ3v) is 2.53. The zero-order chi connectivity index (χ0) is 14.0. The van der Waals surface area contributed by atoms with E-state index in [0.717, 1.165) is 5.69 Å². The van der Waals surface area contributed by atoms with Gasteiger partial charge in [0.25, 0.3) is 5.91 Å². The first kappa shape index (κ1) is 12.8. The third kappa shape index (κ3) is 2.79. The molecule has 0 bridgehead atoms. The van der Waals surface area contributed by atoms with Crippen molar-refractivity contribution in [3.63, 3.8) is 0 Å². The molecule has 0 fully saturated rings. The average molecular weight is 257 g/mol. The van der Waals surface area contributed by atoms with Crippen molar-refractivity contribution in [1.29, 1.82) is 0 Å². The molecule has 0 saturated carbocycles. The van der Waals surface area contributed by atoms with Crippen LogP contribution in [0.2, 0.25) is 0 Å². The summed E-state index contributed by atoms with van der Waals surface area (Å²) >= 11 is 0. The van der Waals surface area contributed by atoms with Crippen molar-refractivity contribution in [1.82, 2.24) is 9.89 Å². The van der Waals surface area contributed by atoms with E-state index in [9.17, 15) is 9.59 Å². The van der Waals surface area contributed by atoms with Crippen LogP contribution >= 0.6 is 0 Å². The number of amides is 2. The lowest BCUT2D eigenvalue weighted by molar-refractivity contribution is 0.0970. The molecule has 0 aliphatic carbocycles. The lowest BCUT2D eigenvalue weighted by Gasteiger charge is -2.08. The highest BCUT2D eigenvalue weighted by Crippen LogP contribution is 2.11. The first-order chi connectivity index (χ1) is 8.97. The molecule has 6 heteroatoms. The minimum atomic E-state index is -0.665. The average Bonchev–Trinajstić information content (AvgIpc) is 2.74. The summed E-state index contributed by atoms with van der Waals surface area (Å²) in [6.45, 7) is 5.52. The van der Waals surface area contributed by atoms with Crippen molar-refractivity contribution < 1.29 is 9.59 Å². The Morgan fingerprint density at radius 1 is 1.32 bits per heavy atom. The molecule has 1 heterocycles. The molecule has 2 amide bonds. The fourth-order valence-corrected chi connectivity index (χ4v) is 1.64. The second-order valence-electron chi connectivity index (χ2n) is 4.09. The molecule has 2 rings (SSSR count). The largest absolute Gasteiger partial charge is 0.366 e. The molecule has 1 aromatic carbocycles. The van der Waals surface area contributed by atoms with Gasteiger partial charge in [-0.3, -0.25) is 9.59 Å². The number of carbonyl (C=O) groups is 2. The fraction of sp³-hybridized carbons (Fsp3) is 0.0769. The monoisotopic (exact) mass is 257 g/mol. The number of hydrogen-bond donors (Lipinski definition) is 2. The van der Waals surface area contributed by atoms with Crippen LogP contribution in [0.15, 0.2) is 30.5 Å². The summed E-state index contributed by atoms with van der Waals surface area (Å²) < 4.78 is 0. The molecule has 0 aliphatic heterocycles. The predicted octanol–water partition coefficient (Wildman–Crippen LogP) is 0.857. The van der Waals surface area contributed by atoms with Crippen LogP contribution in [-0.2, 0) is 0 Å². The Balaban J connectivity index is 2.32. The fourth-order valence-electron chi connectivity index (χ4n) is 1.64. The summed E-state index contributed by atoms with van der Waals surface area (Å²) in [7, 11) is 0. The van der Waals surface area contributed by atoms with Crippen LogP contribution < -0.4 is 11.2 Å². The molecule has 0 aliphatic rings. The lowest BCUT2D eigenvalue weighted by Crippen LogP contribution is -2.26. The van der Waals surface area contributed by atoms with E-state index in [2.05, 4.69) is 17.4 Å². The molecule has 3 N–H and O–H groups in total. The van der Waals surface area contributed by atoms with Crippen molar-refractivity contribution in [3.8, 4) is 0 Å². The Labute approximate surface area is 110 Å². The van der Waals surface area contributed by atoms with E-state index in [-0.39, 0.29) is 11.1 Å². The number of aromatic nitrogens is 2. The number of aryl methyl sites for hydroxylation is 1. The number of nitrogens with one attached hydrogen (secondary N) is 1. The van der Waals surface area contributed by atoms with E-state index in [0.29, 0.717) is 5.56 Å². The molecule has 0 saturated heterocycles. The molecular weight excluding hydrogens is 244 g/mol. The Kier molecular flexibility index (Phi) is 3.33. The first-order valence-corrected chi connectivity index (χ1v) is 5.57.